The molecule has 0 atom stereocenters. The standard InChI is InChI=1S/Ca.K.Mg.H3N.Na/h;;;1H3;. The summed E-state index contributed by atoms with van der Waals surface area (Å²) in [4.78, 5) is 0. The van der Waals surface area contributed by atoms with Gasteiger partial charge in [-0.15, -0.1) is 0 Å². The summed E-state index contributed by atoms with van der Waals surface area (Å²) in [5.41, 5.74) is 0. The largest absolute Gasteiger partial charge is 0.344 e. The van der Waals surface area contributed by atoms with Crippen LogP contribution in [0, 0.1) is 0 Å². The van der Waals surface area contributed by atoms with Gasteiger partial charge in [-0.3, -0.25) is 0 Å². The van der Waals surface area contributed by atoms with Gasteiger partial charge < -0.3 is 6.15 Å². The van der Waals surface area contributed by atoms with Crippen molar-refractivity contribution in [1.82, 2.24) is 6.15 Å². The molecule has 5 heavy (non-hydrogen) atoms. The Morgan fingerprint density at radius 1 is 1.00 bits per heavy atom. The molecule has 0 aromatic heterocycles. The number of hydrogen-bond acceptors (Lipinski definition) is 1. The summed E-state index contributed by atoms with van der Waals surface area (Å²) >= 11 is 0. The summed E-state index contributed by atoms with van der Waals surface area (Å²) in [6.07, 6.45) is 0. The van der Waals surface area contributed by atoms with Crippen molar-refractivity contribution in [2.75, 3.05) is 0 Å². The van der Waals surface area contributed by atoms with Crippen LogP contribution in [0.15, 0.2) is 0 Å². The molecule has 0 rings (SSSR count). The van der Waals surface area contributed by atoms with Crippen molar-refractivity contribution in [3.63, 3.8) is 0 Å². The van der Waals surface area contributed by atoms with E-state index < -0.39 is 0 Å². The van der Waals surface area contributed by atoms with Crippen molar-refractivity contribution >= 4 is 142 Å². The van der Waals surface area contributed by atoms with Gasteiger partial charge in [0, 0.05) is 142 Å². The van der Waals surface area contributed by atoms with E-state index in [2.05, 4.69) is 0 Å². The Hall–Kier alpha value is 4.62. The van der Waals surface area contributed by atoms with Gasteiger partial charge in [-0.2, -0.15) is 0 Å². The Bertz CT molecular complexity index is 11.6. The molecule has 0 aliphatic heterocycles. The van der Waals surface area contributed by atoms with E-state index >= 15 is 0 Å². The van der Waals surface area contributed by atoms with E-state index in [1.165, 1.54) is 0 Å². The monoisotopic (exact) mass is 143 g/mol. The van der Waals surface area contributed by atoms with Crippen LogP contribution in [0.1, 0.15) is 0 Å². The van der Waals surface area contributed by atoms with Crippen LogP contribution in [0.4, 0.5) is 0 Å². The van der Waals surface area contributed by atoms with E-state index in [-0.39, 0.29) is 148 Å². The zero-order chi connectivity index (χ0) is 0. The molecule has 0 aromatic carbocycles. The Labute approximate surface area is 143 Å². The summed E-state index contributed by atoms with van der Waals surface area (Å²) in [5.74, 6) is 0. The second-order valence-electron chi connectivity index (χ2n) is 0. The minimum Gasteiger partial charge on any atom is -0.344 e. The van der Waals surface area contributed by atoms with Crippen LogP contribution < -0.4 is 6.15 Å². The molecule has 0 aliphatic carbocycles. The fourth-order valence-corrected chi connectivity index (χ4v) is 0. The Kier molecular flexibility index (Phi) is 157. The molecule has 3 N–H and O–H groups in total. The average molecular weight is 144 g/mol. The minimum atomic E-state index is 0. The van der Waals surface area contributed by atoms with Gasteiger partial charge in [-0.05, 0) is 0 Å². The molecule has 14 valence electrons. The number of rotatable bonds is 0. The minimum absolute atomic E-state index is 0. The quantitative estimate of drug-likeness (QED) is 0.418. The molecule has 0 spiro atoms. The van der Waals surface area contributed by atoms with Gasteiger partial charge in [0.05, 0.1) is 0 Å². The van der Waals surface area contributed by atoms with Crippen LogP contribution >= 0.6 is 0 Å². The summed E-state index contributed by atoms with van der Waals surface area (Å²) < 4.78 is 0. The molecule has 0 aliphatic rings. The summed E-state index contributed by atoms with van der Waals surface area (Å²) in [7, 11) is 0. The molecule has 6 radical (unpaired) electrons. The first-order valence-corrected chi connectivity index (χ1v) is 0. The fraction of sp³-hybridized carbons (Fsp3) is 0. The van der Waals surface area contributed by atoms with Crippen molar-refractivity contribution in [3.05, 3.63) is 0 Å². The molecule has 0 saturated heterocycles. The molecule has 5 heteroatoms. The van der Waals surface area contributed by atoms with Crippen LogP contribution in [0.3, 0.4) is 0 Å². The molecule has 0 aromatic rings. The van der Waals surface area contributed by atoms with Crippen molar-refractivity contribution in [2.45, 2.75) is 0 Å². The maximum Gasteiger partial charge on any atom is 0 e. The average Bonchev–Trinajstić information content (AvgIpc) is 0. The van der Waals surface area contributed by atoms with Gasteiger partial charge in [0.15, 0.2) is 0 Å². The SMILES string of the molecule is N.[Ca].[K].[Mg].[Na]. The van der Waals surface area contributed by atoms with Crippen LogP contribution in [-0.4, -0.2) is 142 Å². The third-order valence-corrected chi connectivity index (χ3v) is 0. The van der Waals surface area contributed by atoms with Crippen LogP contribution in [0.5, 0.6) is 0 Å². The molecule has 0 fully saturated rings. The smallest absolute Gasteiger partial charge is 0 e. The van der Waals surface area contributed by atoms with Gasteiger partial charge >= 0.3 is 0 Å². The third-order valence-electron chi connectivity index (χ3n) is 0. The molecule has 0 bridgehead atoms. The second kappa shape index (κ2) is 23.4. The summed E-state index contributed by atoms with van der Waals surface area (Å²) in [6.45, 7) is 0. The van der Waals surface area contributed by atoms with Crippen LogP contribution in [-0.2, 0) is 0 Å². The molecule has 1 nitrogen and oxygen atoms in total. The summed E-state index contributed by atoms with van der Waals surface area (Å²) in [6, 6.07) is 0. The van der Waals surface area contributed by atoms with Crippen molar-refractivity contribution in [1.29, 1.82) is 0 Å². The van der Waals surface area contributed by atoms with E-state index in [4.69, 9.17) is 0 Å². The molecular formula is H3CaKMgNNa. The van der Waals surface area contributed by atoms with Gasteiger partial charge in [0.2, 0.25) is 0 Å². The van der Waals surface area contributed by atoms with Crippen molar-refractivity contribution in [3.8, 4) is 0 Å². The first-order chi connectivity index (χ1) is 0. The molecule has 0 saturated carbocycles. The Morgan fingerprint density at radius 3 is 1.00 bits per heavy atom. The van der Waals surface area contributed by atoms with Crippen LogP contribution in [0.25, 0.3) is 0 Å². The zero-order valence-electron chi connectivity index (χ0n) is 4.12. The molecular weight excluding hydrogens is 140 g/mol. The maximum atomic E-state index is 0. The first kappa shape index (κ1) is 33.5. The van der Waals surface area contributed by atoms with E-state index in [9.17, 15) is 0 Å². The molecule has 0 amide bonds. The van der Waals surface area contributed by atoms with E-state index in [1.54, 1.807) is 0 Å². The van der Waals surface area contributed by atoms with Crippen molar-refractivity contribution in [2.24, 2.45) is 0 Å². The van der Waals surface area contributed by atoms with E-state index in [1.807, 2.05) is 0 Å². The molecule has 0 heterocycles. The van der Waals surface area contributed by atoms with Gasteiger partial charge in [0.1, 0.15) is 0 Å². The van der Waals surface area contributed by atoms with Crippen LogP contribution in [0.2, 0.25) is 0 Å². The predicted molar refractivity (Wildman–Crippen MR) is 28.0 cm³/mol. The van der Waals surface area contributed by atoms with Gasteiger partial charge in [0.25, 0.3) is 0 Å². The van der Waals surface area contributed by atoms with Crippen molar-refractivity contribution < 1.29 is 0 Å². The number of hydrogen-bond donors (Lipinski definition) is 1. The molecule has 0 unspecified atom stereocenters. The van der Waals surface area contributed by atoms with E-state index in [0.717, 1.165) is 0 Å². The van der Waals surface area contributed by atoms with Gasteiger partial charge in [-0.1, -0.05) is 0 Å². The predicted octanol–water partition coefficient (Wildman–Crippen LogP) is -1.36. The Balaban J connectivity index is 0. The topological polar surface area (TPSA) is 35.0 Å². The maximum absolute atomic E-state index is 0. The normalized spacial score (nSPS) is 0. The first-order valence-electron chi connectivity index (χ1n) is 0. The second-order valence-corrected chi connectivity index (χ2v) is 0. The van der Waals surface area contributed by atoms with Gasteiger partial charge in [-0.25, -0.2) is 0 Å². The third kappa shape index (κ3) is 17.7. The Morgan fingerprint density at radius 2 is 1.00 bits per heavy atom. The van der Waals surface area contributed by atoms with E-state index in [0.29, 0.717) is 0 Å². The zero-order valence-corrected chi connectivity index (χ0v) is 12.9. The summed E-state index contributed by atoms with van der Waals surface area (Å²) in [5, 5.41) is 0. The fourth-order valence-electron chi connectivity index (χ4n) is 0.